The van der Waals surface area contributed by atoms with E-state index in [1.807, 2.05) is 11.8 Å². The van der Waals surface area contributed by atoms with Crippen molar-refractivity contribution in [3.63, 3.8) is 0 Å². The number of hydrogen-bond acceptors (Lipinski definition) is 4. The third-order valence-electron chi connectivity index (χ3n) is 2.36. The first kappa shape index (κ1) is 12.5. The van der Waals surface area contributed by atoms with Gasteiger partial charge in [0.15, 0.2) is 5.17 Å². The predicted molar refractivity (Wildman–Crippen MR) is 77.4 cm³/mol. The van der Waals surface area contributed by atoms with E-state index >= 15 is 0 Å². The van der Waals surface area contributed by atoms with Gasteiger partial charge >= 0.3 is 0 Å². The normalized spacial score (nSPS) is 19.9. The van der Waals surface area contributed by atoms with Gasteiger partial charge in [-0.15, -0.1) is 11.3 Å². The Morgan fingerprint density at radius 1 is 1.62 bits per heavy atom. The van der Waals surface area contributed by atoms with Gasteiger partial charge in [0.05, 0.1) is 13.1 Å². The van der Waals surface area contributed by atoms with Gasteiger partial charge in [-0.1, -0.05) is 25.1 Å². The number of halogens is 1. The molecule has 0 saturated carbocycles. The molecule has 0 aromatic carbocycles. The Kier molecular flexibility index (Phi) is 4.73. The summed E-state index contributed by atoms with van der Waals surface area (Å²) in [4.78, 5) is 5.86. The zero-order chi connectivity index (χ0) is 11.4. The molecule has 0 radical (unpaired) electrons. The summed E-state index contributed by atoms with van der Waals surface area (Å²) in [6, 6.07) is 2.15. The topological polar surface area (TPSA) is 24.4 Å². The summed E-state index contributed by atoms with van der Waals surface area (Å²) in [6.07, 6.45) is 2.52. The van der Waals surface area contributed by atoms with E-state index < -0.39 is 0 Å². The molecule has 1 aliphatic rings. The monoisotopic (exact) mass is 318 g/mol. The van der Waals surface area contributed by atoms with Crippen molar-refractivity contribution in [1.29, 1.82) is 0 Å². The van der Waals surface area contributed by atoms with Crippen molar-refractivity contribution in [3.05, 3.63) is 20.8 Å². The molecule has 2 heterocycles. The van der Waals surface area contributed by atoms with Gasteiger partial charge < -0.3 is 5.32 Å². The largest absolute Gasteiger partial charge is 0.360 e. The maximum Gasteiger partial charge on any atom is 0.157 e. The minimum absolute atomic E-state index is 0.697. The fourth-order valence-electron chi connectivity index (χ4n) is 1.60. The van der Waals surface area contributed by atoms with Crippen LogP contribution in [0, 0.1) is 0 Å². The van der Waals surface area contributed by atoms with Crippen LogP contribution < -0.4 is 5.32 Å². The molecule has 1 unspecified atom stereocenters. The molecule has 0 aliphatic carbocycles. The van der Waals surface area contributed by atoms with Crippen molar-refractivity contribution >= 4 is 44.2 Å². The smallest absolute Gasteiger partial charge is 0.157 e. The van der Waals surface area contributed by atoms with Crippen LogP contribution in [0.3, 0.4) is 0 Å². The molecule has 1 atom stereocenters. The number of thiophene rings is 1. The summed E-state index contributed by atoms with van der Waals surface area (Å²) in [5.74, 6) is 0. The van der Waals surface area contributed by atoms with Crippen LogP contribution >= 0.6 is 39.0 Å². The van der Waals surface area contributed by atoms with Gasteiger partial charge in [0, 0.05) is 20.0 Å². The Hall–Kier alpha value is -0.000000000000000111. The average Bonchev–Trinajstić information content (AvgIpc) is 2.85. The first-order chi connectivity index (χ1) is 7.78. The third-order valence-corrected chi connectivity index (χ3v) is 5.28. The van der Waals surface area contributed by atoms with Crippen LogP contribution in [-0.4, -0.2) is 17.0 Å². The van der Waals surface area contributed by atoms with Gasteiger partial charge in [0.2, 0.25) is 0 Å². The van der Waals surface area contributed by atoms with E-state index in [0.29, 0.717) is 5.25 Å². The maximum absolute atomic E-state index is 4.52. The van der Waals surface area contributed by atoms with Crippen molar-refractivity contribution in [2.75, 3.05) is 6.54 Å². The molecule has 1 aliphatic heterocycles. The Balaban J connectivity index is 1.75. The minimum Gasteiger partial charge on any atom is -0.360 e. The van der Waals surface area contributed by atoms with Crippen LogP contribution in [0.25, 0.3) is 0 Å². The molecule has 2 rings (SSSR count). The SMILES string of the molecule is CCCC1CN=C(NCc2cc(Br)cs2)S1. The lowest BCUT2D eigenvalue weighted by Gasteiger charge is -2.06. The minimum atomic E-state index is 0.697. The lowest BCUT2D eigenvalue weighted by atomic mass is 10.2. The van der Waals surface area contributed by atoms with Gasteiger partial charge in [-0.2, -0.15) is 0 Å². The molecular formula is C11H15BrN2S2. The quantitative estimate of drug-likeness (QED) is 0.911. The molecule has 2 nitrogen and oxygen atoms in total. The average molecular weight is 319 g/mol. The summed E-state index contributed by atoms with van der Waals surface area (Å²) in [7, 11) is 0. The summed E-state index contributed by atoms with van der Waals surface area (Å²) in [6.45, 7) is 4.10. The van der Waals surface area contributed by atoms with Gasteiger partial charge in [-0.25, -0.2) is 0 Å². The number of rotatable bonds is 4. The van der Waals surface area contributed by atoms with Crippen LogP contribution in [0.1, 0.15) is 24.6 Å². The third kappa shape index (κ3) is 3.50. The molecule has 16 heavy (non-hydrogen) atoms. The predicted octanol–water partition coefficient (Wildman–Crippen LogP) is 3.87. The van der Waals surface area contributed by atoms with Crippen molar-refractivity contribution in [2.45, 2.75) is 31.6 Å². The Morgan fingerprint density at radius 3 is 3.19 bits per heavy atom. The number of nitrogens with one attached hydrogen (secondary N) is 1. The van der Waals surface area contributed by atoms with Crippen LogP contribution in [0.5, 0.6) is 0 Å². The highest BCUT2D eigenvalue weighted by atomic mass is 79.9. The molecule has 0 bridgehead atoms. The maximum atomic E-state index is 4.52. The Bertz CT molecular complexity index is 376. The van der Waals surface area contributed by atoms with E-state index in [1.54, 1.807) is 11.3 Å². The number of thioether (sulfide) groups is 1. The highest BCUT2D eigenvalue weighted by Gasteiger charge is 2.18. The molecule has 1 N–H and O–H groups in total. The van der Waals surface area contributed by atoms with E-state index in [-0.39, 0.29) is 0 Å². The van der Waals surface area contributed by atoms with E-state index in [2.05, 4.69) is 44.6 Å². The summed E-state index contributed by atoms with van der Waals surface area (Å²) in [5.41, 5.74) is 0. The summed E-state index contributed by atoms with van der Waals surface area (Å²) >= 11 is 7.13. The van der Waals surface area contributed by atoms with E-state index in [1.165, 1.54) is 22.2 Å². The fourth-order valence-corrected chi connectivity index (χ4v) is 4.11. The zero-order valence-electron chi connectivity index (χ0n) is 9.20. The molecule has 88 valence electrons. The molecule has 0 spiro atoms. The van der Waals surface area contributed by atoms with Gasteiger partial charge in [0.25, 0.3) is 0 Å². The van der Waals surface area contributed by atoms with E-state index in [0.717, 1.165) is 18.3 Å². The fraction of sp³-hybridized carbons (Fsp3) is 0.545. The molecule has 1 aromatic rings. The molecule has 0 fully saturated rings. The lowest BCUT2D eigenvalue weighted by molar-refractivity contribution is 0.754. The highest BCUT2D eigenvalue weighted by Crippen LogP contribution is 2.24. The zero-order valence-corrected chi connectivity index (χ0v) is 12.4. The van der Waals surface area contributed by atoms with Crippen LogP contribution in [0.15, 0.2) is 20.9 Å². The lowest BCUT2D eigenvalue weighted by Crippen LogP contribution is -2.18. The molecular weight excluding hydrogens is 304 g/mol. The van der Waals surface area contributed by atoms with Gasteiger partial charge in [0.1, 0.15) is 0 Å². The van der Waals surface area contributed by atoms with Crippen molar-refractivity contribution in [2.24, 2.45) is 4.99 Å². The van der Waals surface area contributed by atoms with Crippen molar-refractivity contribution in [3.8, 4) is 0 Å². The second-order valence-electron chi connectivity index (χ2n) is 3.76. The first-order valence-corrected chi connectivity index (χ1v) is 8.01. The van der Waals surface area contributed by atoms with E-state index in [4.69, 9.17) is 0 Å². The second-order valence-corrected chi connectivity index (χ2v) is 6.96. The summed E-state index contributed by atoms with van der Waals surface area (Å²) in [5, 5.41) is 7.32. The van der Waals surface area contributed by atoms with Crippen molar-refractivity contribution in [1.82, 2.24) is 5.32 Å². The summed E-state index contributed by atoms with van der Waals surface area (Å²) < 4.78 is 1.17. The van der Waals surface area contributed by atoms with E-state index in [9.17, 15) is 0 Å². The van der Waals surface area contributed by atoms with Crippen molar-refractivity contribution < 1.29 is 0 Å². The molecule has 1 aromatic heterocycles. The van der Waals surface area contributed by atoms with Gasteiger partial charge in [-0.3, -0.25) is 4.99 Å². The number of nitrogens with zero attached hydrogens (tertiary/aromatic N) is 1. The van der Waals surface area contributed by atoms with Crippen LogP contribution in [-0.2, 0) is 6.54 Å². The van der Waals surface area contributed by atoms with Gasteiger partial charge in [-0.05, 0) is 28.4 Å². The van der Waals surface area contributed by atoms with Crippen LogP contribution in [0.2, 0.25) is 0 Å². The number of hydrogen-bond donors (Lipinski definition) is 1. The molecule has 0 amide bonds. The highest BCUT2D eigenvalue weighted by molar-refractivity contribution is 9.10. The Morgan fingerprint density at radius 2 is 2.50 bits per heavy atom. The Labute approximate surface area is 113 Å². The van der Waals surface area contributed by atoms with Crippen LogP contribution in [0.4, 0.5) is 0 Å². The second kappa shape index (κ2) is 6.07. The molecule has 0 saturated heterocycles. The standard InChI is InChI=1S/C11H15BrN2S2/c1-2-3-9-5-13-11(16-9)14-6-10-4-8(12)7-15-10/h4,7,9H,2-3,5-6H2,1H3,(H,13,14). The number of amidine groups is 1. The molecule has 5 heteroatoms. The number of aliphatic imine (C=N–C) groups is 1. The first-order valence-electron chi connectivity index (χ1n) is 5.46.